The third-order valence-electron chi connectivity index (χ3n) is 7.81. The topological polar surface area (TPSA) is 57.5 Å². The summed E-state index contributed by atoms with van der Waals surface area (Å²) < 4.78 is 0. The summed E-state index contributed by atoms with van der Waals surface area (Å²) >= 11 is 0. The van der Waals surface area contributed by atoms with Gasteiger partial charge in [0.05, 0.1) is 11.7 Å². The van der Waals surface area contributed by atoms with Crippen LogP contribution in [0.3, 0.4) is 0 Å². The maximum atomic E-state index is 11.8. The summed E-state index contributed by atoms with van der Waals surface area (Å²) in [5.41, 5.74) is 1.92. The molecule has 2 fully saturated rings. The van der Waals surface area contributed by atoms with Crippen LogP contribution in [0.4, 0.5) is 0 Å². The van der Waals surface area contributed by atoms with Gasteiger partial charge >= 0.3 is 0 Å². The van der Waals surface area contributed by atoms with Crippen molar-refractivity contribution >= 4 is 5.78 Å². The number of carbonyl (C=O) groups is 1. The van der Waals surface area contributed by atoms with E-state index in [-0.39, 0.29) is 17.4 Å². The lowest BCUT2D eigenvalue weighted by atomic mass is 9.48. The maximum Gasteiger partial charge on any atom is 0.137 e. The first-order valence-corrected chi connectivity index (χ1v) is 9.52. The maximum absolute atomic E-state index is 11.8. The molecule has 0 aromatic rings. The van der Waals surface area contributed by atoms with Crippen molar-refractivity contribution in [2.45, 2.75) is 83.3 Å². The number of ketones is 1. The van der Waals surface area contributed by atoms with Crippen LogP contribution < -0.4 is 0 Å². The van der Waals surface area contributed by atoms with E-state index in [1.807, 2.05) is 6.92 Å². The molecule has 4 aliphatic carbocycles. The van der Waals surface area contributed by atoms with Gasteiger partial charge in [0.2, 0.25) is 0 Å². The molecule has 4 rings (SSSR count). The number of Topliss-reactive ketones (excluding diaryl/α,β-unsaturated/α-hetero) is 1. The molecule has 3 heteroatoms. The number of rotatable bonds is 1. The minimum atomic E-state index is -0.746. The quantitative estimate of drug-likeness (QED) is 0.729. The second-order valence-electron chi connectivity index (χ2n) is 8.84. The molecule has 2 saturated carbocycles. The van der Waals surface area contributed by atoms with E-state index in [1.165, 1.54) is 11.1 Å². The van der Waals surface area contributed by atoms with Gasteiger partial charge in [0.15, 0.2) is 0 Å². The predicted octanol–water partition coefficient (Wildman–Crippen LogP) is 3.38. The second-order valence-corrected chi connectivity index (χ2v) is 8.84. The Balaban J connectivity index is 1.77. The minimum absolute atomic E-state index is 0.0901. The fraction of sp³-hybridized carbons (Fsp3) is 0.850. The smallest absolute Gasteiger partial charge is 0.137 e. The normalized spacial score (nSPS) is 49.7. The van der Waals surface area contributed by atoms with Crippen LogP contribution in [0.1, 0.15) is 71.6 Å². The van der Waals surface area contributed by atoms with Gasteiger partial charge in [-0.2, -0.15) is 0 Å². The Morgan fingerprint density at radius 3 is 2.70 bits per heavy atom. The summed E-state index contributed by atoms with van der Waals surface area (Å²) in [6, 6.07) is 0. The van der Waals surface area contributed by atoms with Crippen molar-refractivity contribution < 1.29 is 15.0 Å². The predicted molar refractivity (Wildman–Crippen MR) is 88.8 cm³/mol. The van der Waals surface area contributed by atoms with Gasteiger partial charge in [-0.05, 0) is 63.7 Å². The van der Waals surface area contributed by atoms with Crippen LogP contribution in [0.25, 0.3) is 0 Å². The van der Waals surface area contributed by atoms with Crippen molar-refractivity contribution in [2.24, 2.45) is 23.2 Å². The molecule has 6 atom stereocenters. The molecule has 4 aliphatic rings. The number of allylic oxidation sites excluding steroid dienone is 1. The van der Waals surface area contributed by atoms with Gasteiger partial charge in [0.1, 0.15) is 5.78 Å². The molecule has 0 aromatic heterocycles. The molecular formula is C20H30O3. The third-order valence-corrected chi connectivity index (χ3v) is 7.81. The molecule has 0 spiro atoms. The number of hydrogen-bond donors (Lipinski definition) is 2. The molecule has 2 N–H and O–H groups in total. The monoisotopic (exact) mass is 318 g/mol. The van der Waals surface area contributed by atoms with E-state index >= 15 is 0 Å². The fourth-order valence-electron chi connectivity index (χ4n) is 7.00. The molecule has 3 unspecified atom stereocenters. The molecule has 0 bridgehead atoms. The van der Waals surface area contributed by atoms with Crippen LogP contribution >= 0.6 is 0 Å². The molecule has 3 nitrogen and oxygen atoms in total. The van der Waals surface area contributed by atoms with E-state index in [2.05, 4.69) is 6.92 Å². The SMILES string of the molecule is CC[C@]12C[C@](C)(O)C3C4=C(CCC3C1CC[C@@H]2O)CC(=O)CC4. The zero-order valence-corrected chi connectivity index (χ0v) is 14.5. The molecular weight excluding hydrogens is 288 g/mol. The molecule has 0 saturated heterocycles. The van der Waals surface area contributed by atoms with Crippen molar-refractivity contribution in [3.05, 3.63) is 11.1 Å². The molecule has 0 amide bonds. The van der Waals surface area contributed by atoms with Gasteiger partial charge in [-0.15, -0.1) is 0 Å². The third kappa shape index (κ3) is 2.12. The molecule has 23 heavy (non-hydrogen) atoms. The molecule has 0 aromatic carbocycles. The van der Waals surface area contributed by atoms with Crippen molar-refractivity contribution in [3.8, 4) is 0 Å². The number of carbonyl (C=O) groups excluding carboxylic acids is 1. The number of hydrogen-bond acceptors (Lipinski definition) is 3. The van der Waals surface area contributed by atoms with E-state index in [9.17, 15) is 15.0 Å². The van der Waals surface area contributed by atoms with E-state index < -0.39 is 5.60 Å². The van der Waals surface area contributed by atoms with Crippen LogP contribution in [0.5, 0.6) is 0 Å². The molecule has 0 heterocycles. The first-order chi connectivity index (χ1) is 10.9. The highest BCUT2D eigenvalue weighted by Gasteiger charge is 2.62. The van der Waals surface area contributed by atoms with Crippen LogP contribution in [0.15, 0.2) is 11.1 Å². The van der Waals surface area contributed by atoms with Gasteiger partial charge < -0.3 is 10.2 Å². The van der Waals surface area contributed by atoms with Crippen LogP contribution in [-0.2, 0) is 4.79 Å². The lowest BCUT2D eigenvalue weighted by Crippen LogP contribution is -2.58. The Kier molecular flexibility index (Phi) is 3.55. The fourth-order valence-corrected chi connectivity index (χ4v) is 7.00. The van der Waals surface area contributed by atoms with Gasteiger partial charge in [-0.3, -0.25) is 4.79 Å². The van der Waals surface area contributed by atoms with E-state index in [4.69, 9.17) is 0 Å². The summed E-state index contributed by atoms with van der Waals surface area (Å²) in [6.07, 6.45) is 7.68. The van der Waals surface area contributed by atoms with Crippen molar-refractivity contribution in [1.29, 1.82) is 0 Å². The summed E-state index contributed by atoms with van der Waals surface area (Å²) in [6.45, 7) is 4.18. The number of fused-ring (bicyclic) bond motifs is 4. The van der Waals surface area contributed by atoms with Crippen LogP contribution in [0.2, 0.25) is 0 Å². The Labute approximate surface area is 139 Å². The minimum Gasteiger partial charge on any atom is -0.393 e. The lowest BCUT2D eigenvalue weighted by molar-refractivity contribution is -0.154. The highest BCUT2D eigenvalue weighted by Crippen LogP contribution is 2.65. The van der Waals surface area contributed by atoms with E-state index in [1.54, 1.807) is 0 Å². The number of aliphatic hydroxyl groups excluding tert-OH is 1. The first kappa shape index (κ1) is 15.8. The molecule has 0 aliphatic heterocycles. The highest BCUT2D eigenvalue weighted by atomic mass is 16.3. The average molecular weight is 318 g/mol. The Morgan fingerprint density at radius 2 is 1.96 bits per heavy atom. The second kappa shape index (κ2) is 5.16. The lowest BCUT2D eigenvalue weighted by Gasteiger charge is -2.58. The highest BCUT2D eigenvalue weighted by molar-refractivity contribution is 5.82. The zero-order valence-electron chi connectivity index (χ0n) is 14.5. The summed E-state index contributed by atoms with van der Waals surface area (Å²) in [5.74, 6) is 1.62. The summed E-state index contributed by atoms with van der Waals surface area (Å²) in [7, 11) is 0. The van der Waals surface area contributed by atoms with Crippen molar-refractivity contribution in [2.75, 3.05) is 0 Å². The van der Waals surface area contributed by atoms with E-state index in [0.29, 0.717) is 36.9 Å². The van der Waals surface area contributed by atoms with Gasteiger partial charge in [-0.1, -0.05) is 18.1 Å². The molecule has 0 radical (unpaired) electrons. The largest absolute Gasteiger partial charge is 0.393 e. The summed E-state index contributed by atoms with van der Waals surface area (Å²) in [4.78, 5) is 11.8. The van der Waals surface area contributed by atoms with Crippen LogP contribution in [-0.4, -0.2) is 27.7 Å². The Bertz CT molecular complexity index is 561. The van der Waals surface area contributed by atoms with E-state index in [0.717, 1.165) is 38.5 Å². The average Bonchev–Trinajstić information content (AvgIpc) is 2.83. The zero-order chi connectivity index (χ0) is 16.4. The van der Waals surface area contributed by atoms with Crippen molar-refractivity contribution in [3.63, 3.8) is 0 Å². The van der Waals surface area contributed by atoms with Gasteiger partial charge in [0, 0.05) is 24.2 Å². The molecule has 128 valence electrons. The Morgan fingerprint density at radius 1 is 1.17 bits per heavy atom. The van der Waals surface area contributed by atoms with Crippen LogP contribution in [0, 0.1) is 23.2 Å². The first-order valence-electron chi connectivity index (χ1n) is 9.52. The Hall–Kier alpha value is -0.670. The van der Waals surface area contributed by atoms with Gasteiger partial charge in [-0.25, -0.2) is 0 Å². The summed E-state index contributed by atoms with van der Waals surface area (Å²) in [5, 5.41) is 22.1. The number of aliphatic hydroxyl groups is 2. The van der Waals surface area contributed by atoms with Crippen molar-refractivity contribution in [1.82, 2.24) is 0 Å². The standard InChI is InChI=1S/C20H30O3/c1-3-20-11-19(2,23)18-14-7-5-13(21)10-12(14)4-6-15(18)16(20)8-9-17(20)22/h15-18,22-23H,3-11H2,1-2H3/t15?,16?,17-,18?,19-,20-/m0/s1. The van der Waals surface area contributed by atoms with Gasteiger partial charge in [0.25, 0.3) is 0 Å².